The van der Waals surface area contributed by atoms with Gasteiger partial charge in [0, 0.05) is 0 Å². The van der Waals surface area contributed by atoms with E-state index in [-0.39, 0.29) is 0 Å². The van der Waals surface area contributed by atoms with Gasteiger partial charge in [-0.1, -0.05) is 36.4 Å². The van der Waals surface area contributed by atoms with E-state index in [1.807, 2.05) is 36.4 Å². The summed E-state index contributed by atoms with van der Waals surface area (Å²) in [5.41, 5.74) is 0. The van der Waals surface area contributed by atoms with Gasteiger partial charge >= 0.3 is 36.7 Å². The van der Waals surface area contributed by atoms with Gasteiger partial charge in [-0.2, -0.15) is 0 Å². The van der Waals surface area contributed by atoms with Crippen molar-refractivity contribution in [3.63, 3.8) is 0 Å². The zero-order valence-electron chi connectivity index (χ0n) is 5.67. The van der Waals surface area contributed by atoms with Crippen LogP contribution in [0.15, 0.2) is 36.4 Å². The van der Waals surface area contributed by atoms with Gasteiger partial charge in [0.15, 0.2) is 0 Å². The van der Waals surface area contributed by atoms with E-state index < -0.39 is 0 Å². The molecule has 0 aromatic heterocycles. The predicted molar refractivity (Wildman–Crippen MR) is 42.7 cm³/mol. The van der Waals surface area contributed by atoms with Crippen LogP contribution in [0.5, 0.6) is 0 Å². The van der Waals surface area contributed by atoms with Crippen LogP contribution >= 0.6 is 0 Å². The van der Waals surface area contributed by atoms with Gasteiger partial charge in [0.2, 0.25) is 0 Å². The summed E-state index contributed by atoms with van der Waals surface area (Å²) in [6, 6.07) is 12.0. The Balaban J connectivity index is 0.000000187. The third kappa shape index (κ3) is 8.14. The first kappa shape index (κ1) is 9.14. The van der Waals surface area contributed by atoms with Gasteiger partial charge in [-0.3, -0.25) is 0 Å². The molecule has 0 fully saturated rings. The summed E-state index contributed by atoms with van der Waals surface area (Å²) in [6.07, 6.45) is 0. The fraction of sp³-hybridized carbons (Fsp3) is 0.250. The Labute approximate surface area is 73.0 Å². The molecule has 1 aromatic carbocycles. The summed E-state index contributed by atoms with van der Waals surface area (Å²) in [4.78, 5) is 0. The normalized spacial score (nSPS) is 7.33. The van der Waals surface area contributed by atoms with Crippen LogP contribution < -0.4 is 0 Å². The largest absolute Gasteiger partial charge is 0.0623 e. The molecule has 3 radical (unpaired) electrons. The molecule has 0 aliphatic heterocycles. The third-order valence-corrected chi connectivity index (χ3v) is 0.667. The summed E-state index contributed by atoms with van der Waals surface area (Å²) in [6.45, 7) is 2.19. The summed E-state index contributed by atoms with van der Waals surface area (Å²) < 4.78 is 1.39. The molecule has 0 amide bonds. The Morgan fingerprint density at radius 3 is 1.11 bits per heavy atom. The molecule has 0 spiro atoms. The second-order valence-electron chi connectivity index (χ2n) is 1.51. The van der Waals surface area contributed by atoms with Crippen LogP contribution in [-0.4, -0.2) is 25.8 Å². The minimum Gasteiger partial charge on any atom is -0.0623 e. The molecule has 1 rings (SSSR count). The van der Waals surface area contributed by atoms with Crippen LogP contribution in [0.3, 0.4) is 0 Å². The molecule has 0 saturated carbocycles. The quantitative estimate of drug-likeness (QED) is 0.645. The van der Waals surface area contributed by atoms with E-state index in [1.54, 1.807) is 0 Å². The van der Waals surface area contributed by atoms with E-state index in [9.17, 15) is 0 Å². The molecule has 0 saturated heterocycles. The smallest absolute Gasteiger partial charge is 0.0623 e. The SMILES string of the molecule is C[CH2][Pb].c1ccccc1. The number of hydrogen-bond acceptors (Lipinski definition) is 0. The second-order valence-corrected chi connectivity index (χ2v) is 4.26. The van der Waals surface area contributed by atoms with Crippen LogP contribution in [0, 0.1) is 0 Å². The average Bonchev–Trinajstić information content (AvgIpc) is 1.93. The third-order valence-electron chi connectivity index (χ3n) is 0.667. The Morgan fingerprint density at radius 1 is 0.889 bits per heavy atom. The van der Waals surface area contributed by atoms with Crippen molar-refractivity contribution in [3.05, 3.63) is 36.4 Å². The molecule has 0 heterocycles. The Kier molecular flexibility index (Phi) is 8.27. The Bertz CT molecular complexity index is 87.4. The van der Waals surface area contributed by atoms with Crippen LogP contribution in [0.4, 0.5) is 0 Å². The fourth-order valence-electron chi connectivity index (χ4n) is 0.385. The molecule has 0 atom stereocenters. The van der Waals surface area contributed by atoms with Gasteiger partial charge < -0.3 is 0 Å². The van der Waals surface area contributed by atoms with Crippen molar-refractivity contribution < 1.29 is 0 Å². The summed E-state index contributed by atoms with van der Waals surface area (Å²) in [5.74, 6) is 0. The van der Waals surface area contributed by atoms with Crippen LogP contribution in [0.1, 0.15) is 6.92 Å². The van der Waals surface area contributed by atoms with Gasteiger partial charge in [0.25, 0.3) is 0 Å². The first-order chi connectivity index (χ1) is 4.41. The van der Waals surface area contributed by atoms with E-state index >= 15 is 0 Å². The molecule has 0 unspecified atom stereocenters. The molecule has 47 valence electrons. The standard InChI is InChI=1S/C6H6.C2H5.Pb/c1-2-4-6-5-3-1;1-2;/h1-6H;1H2,2H3;. The van der Waals surface area contributed by atoms with E-state index in [1.165, 1.54) is 29.7 Å². The van der Waals surface area contributed by atoms with Gasteiger partial charge in [-0.25, -0.2) is 0 Å². The van der Waals surface area contributed by atoms with E-state index in [0.29, 0.717) is 0 Å². The first-order valence-electron chi connectivity index (χ1n) is 3.06. The summed E-state index contributed by atoms with van der Waals surface area (Å²) in [7, 11) is 0. The van der Waals surface area contributed by atoms with Crippen molar-refractivity contribution >= 4 is 25.8 Å². The number of benzene rings is 1. The fourth-order valence-corrected chi connectivity index (χ4v) is 0.385. The molecule has 1 aromatic rings. The number of hydrogen-bond donors (Lipinski definition) is 0. The molecular weight excluding hydrogens is 303 g/mol. The van der Waals surface area contributed by atoms with E-state index in [4.69, 9.17) is 0 Å². The molecule has 0 nitrogen and oxygen atoms in total. The maximum absolute atomic E-state index is 2.19. The van der Waals surface area contributed by atoms with Crippen molar-refractivity contribution in [2.75, 3.05) is 0 Å². The average molecular weight is 314 g/mol. The minimum absolute atomic E-state index is 1.37. The van der Waals surface area contributed by atoms with Gasteiger partial charge in [-0.15, -0.1) is 0 Å². The van der Waals surface area contributed by atoms with Crippen molar-refractivity contribution in [2.45, 2.75) is 10.9 Å². The second kappa shape index (κ2) is 8.14. The minimum atomic E-state index is 1.37. The van der Waals surface area contributed by atoms with E-state index in [2.05, 4.69) is 6.92 Å². The monoisotopic (exact) mass is 315 g/mol. The maximum Gasteiger partial charge on any atom is -0.0623 e. The first-order valence-corrected chi connectivity index (χ1v) is 5.81. The van der Waals surface area contributed by atoms with Gasteiger partial charge in [-0.05, 0) is 0 Å². The summed E-state index contributed by atoms with van der Waals surface area (Å²) >= 11 is 1.37. The molecule has 9 heavy (non-hydrogen) atoms. The molecule has 0 bridgehead atoms. The molecule has 0 aliphatic carbocycles. The van der Waals surface area contributed by atoms with Crippen molar-refractivity contribution in [3.8, 4) is 0 Å². The van der Waals surface area contributed by atoms with Crippen molar-refractivity contribution in [1.82, 2.24) is 0 Å². The van der Waals surface area contributed by atoms with Gasteiger partial charge in [0.1, 0.15) is 0 Å². The van der Waals surface area contributed by atoms with Crippen molar-refractivity contribution in [2.24, 2.45) is 0 Å². The molecular formula is C8H11Pb. The zero-order valence-corrected chi connectivity index (χ0v) is 9.56. The van der Waals surface area contributed by atoms with Crippen LogP contribution in [-0.2, 0) is 0 Å². The zero-order chi connectivity index (χ0) is 6.95. The van der Waals surface area contributed by atoms with E-state index in [0.717, 1.165) is 0 Å². The predicted octanol–water partition coefficient (Wildman–Crippen LogP) is 2.28. The number of rotatable bonds is 0. The topological polar surface area (TPSA) is 0 Å². The molecule has 0 N–H and O–H groups in total. The molecule has 1 heteroatoms. The van der Waals surface area contributed by atoms with Gasteiger partial charge in [0.05, 0.1) is 0 Å². The molecule has 0 aliphatic rings. The Hall–Kier alpha value is 0.142. The van der Waals surface area contributed by atoms with Crippen LogP contribution in [0.2, 0.25) is 3.98 Å². The Morgan fingerprint density at radius 2 is 1.00 bits per heavy atom. The maximum atomic E-state index is 2.19. The van der Waals surface area contributed by atoms with Crippen molar-refractivity contribution in [1.29, 1.82) is 0 Å². The van der Waals surface area contributed by atoms with Crippen LogP contribution in [0.25, 0.3) is 0 Å². The summed E-state index contributed by atoms with van der Waals surface area (Å²) in [5, 5.41) is 0.